The van der Waals surface area contributed by atoms with Gasteiger partial charge >= 0.3 is 5.97 Å². The van der Waals surface area contributed by atoms with Crippen molar-refractivity contribution in [1.29, 1.82) is 0 Å². The van der Waals surface area contributed by atoms with Gasteiger partial charge in [-0.25, -0.2) is 0 Å². The highest BCUT2D eigenvalue weighted by Crippen LogP contribution is 2.38. The first-order chi connectivity index (χ1) is 13.7. The van der Waals surface area contributed by atoms with Crippen LogP contribution in [0.4, 0.5) is 0 Å². The predicted octanol–water partition coefficient (Wildman–Crippen LogP) is 5.70. The van der Waals surface area contributed by atoms with Crippen LogP contribution in [0.15, 0.2) is 24.3 Å². The molecule has 0 radical (unpaired) electrons. The van der Waals surface area contributed by atoms with Crippen LogP contribution >= 0.6 is 0 Å². The van der Waals surface area contributed by atoms with Crippen LogP contribution in [-0.2, 0) is 33.2 Å². The third-order valence-electron chi connectivity index (χ3n) is 5.46. The number of phenolic OH excluding ortho intramolecular Hbond substituents is 2. The molecule has 0 saturated heterocycles. The summed E-state index contributed by atoms with van der Waals surface area (Å²) in [7, 11) is 1.39. The van der Waals surface area contributed by atoms with Crippen molar-refractivity contribution in [2.75, 3.05) is 7.11 Å². The quantitative estimate of drug-likeness (QED) is 0.619. The Morgan fingerprint density at radius 1 is 0.867 bits per heavy atom. The van der Waals surface area contributed by atoms with Crippen LogP contribution < -0.4 is 0 Å². The lowest BCUT2D eigenvalue weighted by Crippen LogP contribution is -2.14. The second-order valence-electron chi connectivity index (χ2n) is 10.2. The van der Waals surface area contributed by atoms with Crippen molar-refractivity contribution in [1.82, 2.24) is 0 Å². The Hall–Kier alpha value is -2.49. The number of phenols is 2. The topological polar surface area (TPSA) is 66.8 Å². The maximum atomic E-state index is 11.6. The van der Waals surface area contributed by atoms with E-state index in [0.29, 0.717) is 30.8 Å². The molecular weight excluding hydrogens is 376 g/mol. The number of aromatic hydroxyl groups is 2. The summed E-state index contributed by atoms with van der Waals surface area (Å²) < 4.78 is 4.78. The molecule has 0 amide bonds. The highest BCUT2D eigenvalue weighted by atomic mass is 16.5. The van der Waals surface area contributed by atoms with E-state index < -0.39 is 0 Å². The van der Waals surface area contributed by atoms with Gasteiger partial charge in [0.1, 0.15) is 11.5 Å². The molecule has 0 unspecified atom stereocenters. The summed E-state index contributed by atoms with van der Waals surface area (Å²) in [5.41, 5.74) is 5.04. The van der Waals surface area contributed by atoms with Gasteiger partial charge in [-0.15, -0.1) is 0 Å². The van der Waals surface area contributed by atoms with Gasteiger partial charge in [0.25, 0.3) is 0 Å². The number of hydrogen-bond acceptors (Lipinski definition) is 4. The van der Waals surface area contributed by atoms with Crippen molar-refractivity contribution in [2.45, 2.75) is 78.6 Å². The van der Waals surface area contributed by atoms with Gasteiger partial charge < -0.3 is 14.9 Å². The van der Waals surface area contributed by atoms with Gasteiger partial charge in [0, 0.05) is 12.8 Å². The van der Waals surface area contributed by atoms with Gasteiger partial charge in [0.15, 0.2) is 0 Å². The highest BCUT2D eigenvalue weighted by Gasteiger charge is 2.23. The van der Waals surface area contributed by atoms with Crippen molar-refractivity contribution in [3.05, 3.63) is 57.6 Å². The summed E-state index contributed by atoms with van der Waals surface area (Å²) in [5, 5.41) is 21.6. The average molecular weight is 413 g/mol. The van der Waals surface area contributed by atoms with Crippen LogP contribution in [0.5, 0.6) is 11.5 Å². The summed E-state index contributed by atoms with van der Waals surface area (Å²) in [4.78, 5) is 11.6. The van der Waals surface area contributed by atoms with E-state index in [1.54, 1.807) is 0 Å². The minimum Gasteiger partial charge on any atom is -0.507 e. The molecule has 0 heterocycles. The third-order valence-corrected chi connectivity index (χ3v) is 5.46. The molecule has 30 heavy (non-hydrogen) atoms. The van der Waals surface area contributed by atoms with Crippen molar-refractivity contribution in [3.8, 4) is 11.5 Å². The molecule has 0 spiro atoms. The molecule has 0 aliphatic carbocycles. The van der Waals surface area contributed by atoms with Crippen LogP contribution in [0, 0.1) is 6.92 Å². The average Bonchev–Trinajstić information content (AvgIpc) is 2.62. The lowest BCUT2D eigenvalue weighted by molar-refractivity contribution is -0.140. The number of ether oxygens (including phenoxy) is 1. The van der Waals surface area contributed by atoms with Crippen molar-refractivity contribution in [2.24, 2.45) is 0 Å². The first-order valence-corrected chi connectivity index (χ1v) is 10.5. The zero-order chi connectivity index (χ0) is 22.9. The molecular formula is C26H36O4. The maximum absolute atomic E-state index is 11.6. The number of esters is 1. The predicted molar refractivity (Wildman–Crippen MR) is 121 cm³/mol. The van der Waals surface area contributed by atoms with Crippen molar-refractivity contribution >= 4 is 5.97 Å². The Labute approximate surface area is 180 Å². The molecule has 2 N–H and O–H groups in total. The lowest BCUT2D eigenvalue weighted by atomic mass is 9.81. The summed E-state index contributed by atoms with van der Waals surface area (Å²) in [6, 6.07) is 7.97. The number of benzene rings is 2. The Morgan fingerprint density at radius 2 is 1.40 bits per heavy atom. The minimum atomic E-state index is -0.245. The van der Waals surface area contributed by atoms with E-state index in [0.717, 1.165) is 33.4 Å². The Bertz CT molecular complexity index is 928. The Morgan fingerprint density at radius 3 is 1.93 bits per heavy atom. The molecule has 4 heteroatoms. The van der Waals surface area contributed by atoms with Crippen LogP contribution in [0.2, 0.25) is 0 Å². The molecule has 4 nitrogen and oxygen atoms in total. The van der Waals surface area contributed by atoms with Gasteiger partial charge in [0.05, 0.1) is 7.11 Å². The summed E-state index contributed by atoms with van der Waals surface area (Å²) in [6.07, 6.45) is 1.41. The molecule has 0 fully saturated rings. The van der Waals surface area contributed by atoms with Crippen LogP contribution in [0.3, 0.4) is 0 Å². The van der Waals surface area contributed by atoms with E-state index in [9.17, 15) is 15.0 Å². The Kier molecular flexibility index (Phi) is 6.90. The normalized spacial score (nSPS) is 12.1. The number of methoxy groups -OCH3 is 1. The summed E-state index contributed by atoms with van der Waals surface area (Å²) in [5.74, 6) is 0.385. The number of hydrogen-bond donors (Lipinski definition) is 2. The Balaban J connectivity index is 2.53. The molecule has 2 rings (SSSR count). The third kappa shape index (κ3) is 5.56. The molecule has 0 aliphatic rings. The minimum absolute atomic E-state index is 0.189. The lowest BCUT2D eigenvalue weighted by Gasteiger charge is -2.25. The SMILES string of the molecule is COC(=O)CCc1cc(Cc2cc(C)c(O)c(C(C)(C)C)c2)c(O)c(C(C)(C)C)c1. The molecule has 2 aromatic rings. The van der Waals surface area contributed by atoms with Gasteiger partial charge in [-0.2, -0.15) is 0 Å². The molecule has 0 saturated carbocycles. The number of carbonyl (C=O) groups is 1. The highest BCUT2D eigenvalue weighted by molar-refractivity contribution is 5.69. The second kappa shape index (κ2) is 8.71. The van der Waals surface area contributed by atoms with E-state index in [1.165, 1.54) is 7.11 Å². The molecule has 164 valence electrons. The second-order valence-corrected chi connectivity index (χ2v) is 10.2. The van der Waals surface area contributed by atoms with Crippen molar-refractivity contribution in [3.63, 3.8) is 0 Å². The van der Waals surface area contributed by atoms with Crippen molar-refractivity contribution < 1.29 is 19.7 Å². The van der Waals surface area contributed by atoms with Gasteiger partial charge in [-0.05, 0) is 57.6 Å². The number of carbonyl (C=O) groups excluding carboxylic acids is 1. The van der Waals surface area contributed by atoms with Gasteiger partial charge in [-0.1, -0.05) is 65.8 Å². The fourth-order valence-corrected chi connectivity index (χ4v) is 3.71. The van der Waals surface area contributed by atoms with Gasteiger partial charge in [0.2, 0.25) is 0 Å². The fraction of sp³-hybridized carbons (Fsp3) is 0.500. The summed E-state index contributed by atoms with van der Waals surface area (Å²) >= 11 is 0. The van der Waals surface area contributed by atoms with E-state index >= 15 is 0 Å². The monoisotopic (exact) mass is 412 g/mol. The smallest absolute Gasteiger partial charge is 0.305 e. The van der Waals surface area contributed by atoms with E-state index in [2.05, 4.69) is 41.5 Å². The van der Waals surface area contributed by atoms with Crippen LogP contribution in [0.1, 0.15) is 81.3 Å². The first-order valence-electron chi connectivity index (χ1n) is 10.5. The summed E-state index contributed by atoms with van der Waals surface area (Å²) in [6.45, 7) is 14.3. The van der Waals surface area contributed by atoms with E-state index in [1.807, 2.05) is 31.2 Å². The zero-order valence-corrected chi connectivity index (χ0v) is 19.6. The standard InChI is InChI=1S/C26H36O4/c1-16-11-18(15-20(23(16)28)25(2,3)4)13-19-12-17(9-10-22(27)30-8)14-21(24(19)29)26(5,6)7/h11-12,14-15,28-29H,9-10,13H2,1-8H3. The fourth-order valence-electron chi connectivity index (χ4n) is 3.71. The van der Waals surface area contributed by atoms with E-state index in [-0.39, 0.29) is 16.8 Å². The maximum Gasteiger partial charge on any atom is 0.305 e. The molecule has 2 aromatic carbocycles. The zero-order valence-electron chi connectivity index (χ0n) is 19.6. The molecule has 0 atom stereocenters. The number of aryl methyl sites for hydroxylation is 2. The van der Waals surface area contributed by atoms with Crippen LogP contribution in [-0.4, -0.2) is 23.3 Å². The first kappa shape index (κ1) is 23.8. The molecule has 0 aliphatic heterocycles. The largest absolute Gasteiger partial charge is 0.507 e. The van der Waals surface area contributed by atoms with Crippen LogP contribution in [0.25, 0.3) is 0 Å². The molecule has 0 bridgehead atoms. The number of rotatable bonds is 5. The van der Waals surface area contributed by atoms with Gasteiger partial charge in [-0.3, -0.25) is 4.79 Å². The van der Waals surface area contributed by atoms with E-state index in [4.69, 9.17) is 4.74 Å². The molecule has 0 aromatic heterocycles.